The van der Waals surface area contributed by atoms with Crippen molar-refractivity contribution < 1.29 is 0 Å². The molecule has 196 valence electrons. The Labute approximate surface area is 227 Å². The number of benzene rings is 1. The highest BCUT2D eigenvalue weighted by atomic mass is 32.2. The lowest BCUT2D eigenvalue weighted by atomic mass is 9.99. The van der Waals surface area contributed by atoms with Gasteiger partial charge in [0.05, 0.1) is 23.6 Å². The van der Waals surface area contributed by atoms with E-state index in [1.54, 1.807) is 21.5 Å². The van der Waals surface area contributed by atoms with Crippen LogP contribution in [0.15, 0.2) is 66.1 Å². The summed E-state index contributed by atoms with van der Waals surface area (Å²) in [5, 5.41) is 22.7. The summed E-state index contributed by atoms with van der Waals surface area (Å²) < 4.78 is 3.36. The van der Waals surface area contributed by atoms with Gasteiger partial charge in [-0.2, -0.15) is 5.10 Å². The molecule has 8 nitrogen and oxygen atoms in total. The maximum Gasteiger partial charge on any atom is 0.171 e. The Kier molecular flexibility index (Phi) is 7.04. The van der Waals surface area contributed by atoms with E-state index < -0.39 is 0 Å². The van der Waals surface area contributed by atoms with Gasteiger partial charge in [0.25, 0.3) is 0 Å². The van der Waals surface area contributed by atoms with E-state index in [0.29, 0.717) is 0 Å². The molecule has 5 heterocycles. The fourth-order valence-electron chi connectivity index (χ4n) is 5.68. The van der Waals surface area contributed by atoms with E-state index in [0.717, 1.165) is 46.1 Å². The minimum absolute atomic E-state index is 0.271. The predicted octanol–water partition coefficient (Wildman–Crippen LogP) is 4.95. The molecule has 3 aromatic heterocycles. The number of aryl methyl sites for hydroxylation is 1. The number of hydrogen-bond acceptors (Lipinski definition) is 7. The molecule has 2 aliphatic heterocycles. The lowest BCUT2D eigenvalue weighted by molar-refractivity contribution is 0.141. The summed E-state index contributed by atoms with van der Waals surface area (Å²) in [6.07, 6.45) is 14.1. The Bertz CT molecular complexity index is 1510. The summed E-state index contributed by atoms with van der Waals surface area (Å²) in [7, 11) is 1.88. The zero-order valence-electron chi connectivity index (χ0n) is 21.8. The number of pyridine rings is 2. The van der Waals surface area contributed by atoms with Crippen molar-refractivity contribution in [2.45, 2.75) is 43.0 Å². The van der Waals surface area contributed by atoms with Crippen LogP contribution in [0.3, 0.4) is 0 Å². The largest absolute Gasteiger partial charge is 0.370 e. The molecule has 9 heteroatoms. The van der Waals surface area contributed by atoms with Crippen molar-refractivity contribution in [2.75, 3.05) is 31.1 Å². The molecular formula is C29H34N8S. The van der Waals surface area contributed by atoms with Gasteiger partial charge in [-0.25, -0.2) is 0 Å². The van der Waals surface area contributed by atoms with Crippen LogP contribution in [0, 0.1) is 10.8 Å². The average Bonchev–Trinajstić information content (AvgIpc) is 3.39. The lowest BCUT2D eigenvalue weighted by Gasteiger charge is -2.40. The van der Waals surface area contributed by atoms with Crippen molar-refractivity contribution in [3.8, 4) is 11.1 Å². The number of anilines is 1. The van der Waals surface area contributed by atoms with Crippen molar-refractivity contribution in [2.24, 2.45) is 7.05 Å². The molecule has 2 saturated heterocycles. The van der Waals surface area contributed by atoms with Crippen molar-refractivity contribution in [3.05, 3.63) is 66.7 Å². The van der Waals surface area contributed by atoms with Crippen LogP contribution < -0.4 is 10.4 Å². The Morgan fingerprint density at radius 2 is 1.74 bits per heavy atom. The highest BCUT2D eigenvalue weighted by Gasteiger charge is 2.25. The fourth-order valence-corrected chi connectivity index (χ4v) is 6.47. The first-order valence-electron chi connectivity index (χ1n) is 13.5. The highest BCUT2D eigenvalue weighted by molar-refractivity contribution is 8.13. The number of aromatic nitrogens is 4. The van der Waals surface area contributed by atoms with Gasteiger partial charge in [-0.05, 0) is 75.2 Å². The zero-order chi connectivity index (χ0) is 26.1. The minimum Gasteiger partial charge on any atom is -0.370 e. The molecule has 2 N–H and O–H groups in total. The summed E-state index contributed by atoms with van der Waals surface area (Å²) >= 11 is 1.35. The Hall–Kier alpha value is -3.43. The molecule has 0 bridgehead atoms. The molecule has 1 aromatic carbocycles. The van der Waals surface area contributed by atoms with Crippen LogP contribution >= 0.6 is 11.8 Å². The van der Waals surface area contributed by atoms with Crippen molar-refractivity contribution >= 4 is 33.5 Å². The summed E-state index contributed by atoms with van der Waals surface area (Å²) in [6, 6.07) is 12.7. The molecule has 0 spiro atoms. The molecule has 0 unspecified atom stereocenters. The molecule has 2 aliphatic rings. The summed E-state index contributed by atoms with van der Waals surface area (Å²) in [5.41, 5.74) is 4.30. The van der Waals surface area contributed by atoms with E-state index >= 15 is 0 Å². The van der Waals surface area contributed by atoms with Crippen molar-refractivity contribution in [1.29, 1.82) is 10.8 Å². The van der Waals surface area contributed by atoms with Crippen LogP contribution in [0.2, 0.25) is 0 Å². The summed E-state index contributed by atoms with van der Waals surface area (Å²) in [6.45, 7) is 4.68. The van der Waals surface area contributed by atoms with Gasteiger partial charge in [0.1, 0.15) is 5.49 Å². The van der Waals surface area contributed by atoms with E-state index in [1.165, 1.54) is 62.6 Å². The second-order valence-corrected chi connectivity index (χ2v) is 11.4. The van der Waals surface area contributed by atoms with E-state index in [9.17, 15) is 0 Å². The van der Waals surface area contributed by atoms with Crippen LogP contribution in [0.4, 0.5) is 5.69 Å². The number of likely N-dealkylation sites (tertiary alicyclic amines) is 1. The van der Waals surface area contributed by atoms with E-state index in [4.69, 9.17) is 15.8 Å². The highest BCUT2D eigenvalue weighted by Crippen LogP contribution is 2.29. The Morgan fingerprint density at radius 3 is 2.50 bits per heavy atom. The van der Waals surface area contributed by atoms with Crippen LogP contribution in [-0.2, 0) is 7.05 Å². The molecular weight excluding hydrogens is 492 g/mol. The van der Waals surface area contributed by atoms with Gasteiger partial charge in [-0.3, -0.25) is 25.1 Å². The standard InChI is InChI=1S/C29H34N8S/c1-34-19-23(17-33-34)21-5-8-28(30)37(20-21)29(31)38-26-6-7-27-22(16-26)15-25(18-32-27)36-13-9-24(10-14-36)35-11-3-2-4-12-35/h5-8,15-20,24,30-31H,2-4,9-14H2,1H3. The van der Waals surface area contributed by atoms with Crippen molar-refractivity contribution in [3.63, 3.8) is 0 Å². The third-order valence-electron chi connectivity index (χ3n) is 7.79. The molecule has 0 radical (unpaired) electrons. The first-order valence-corrected chi connectivity index (χ1v) is 14.3. The molecule has 6 rings (SSSR count). The summed E-state index contributed by atoms with van der Waals surface area (Å²) in [5.74, 6) is 0. The van der Waals surface area contributed by atoms with E-state index in [1.807, 2.05) is 43.8 Å². The number of piperidine rings is 2. The van der Waals surface area contributed by atoms with Crippen LogP contribution in [0.25, 0.3) is 22.0 Å². The molecule has 38 heavy (non-hydrogen) atoms. The molecule has 4 aromatic rings. The number of fused-ring (bicyclic) bond motifs is 1. The van der Waals surface area contributed by atoms with Crippen molar-refractivity contribution in [1.82, 2.24) is 24.2 Å². The third kappa shape index (κ3) is 5.26. The molecule has 0 amide bonds. The van der Waals surface area contributed by atoms with Gasteiger partial charge < -0.3 is 9.80 Å². The van der Waals surface area contributed by atoms with Gasteiger partial charge in [0.15, 0.2) is 5.17 Å². The van der Waals surface area contributed by atoms with Gasteiger partial charge in [0, 0.05) is 60.0 Å². The van der Waals surface area contributed by atoms with Gasteiger partial charge in [-0.1, -0.05) is 18.2 Å². The third-order valence-corrected chi connectivity index (χ3v) is 8.67. The summed E-state index contributed by atoms with van der Waals surface area (Å²) in [4.78, 5) is 10.9. The second-order valence-electron chi connectivity index (χ2n) is 10.3. The topological polar surface area (TPSA) is 89.8 Å². The number of hydrogen-bond donors (Lipinski definition) is 2. The minimum atomic E-state index is 0.271. The van der Waals surface area contributed by atoms with Crippen LogP contribution in [0.5, 0.6) is 0 Å². The molecule has 0 aliphatic carbocycles. The SMILES string of the molecule is Cn1cc(-c2ccc(=N)n(C(=N)Sc3ccc4ncc(N5CCC(N6CCCCC6)CC5)cc4c3)c2)cn1. The quantitative estimate of drug-likeness (QED) is 0.223. The molecule has 2 fully saturated rings. The van der Waals surface area contributed by atoms with Crippen LogP contribution in [-0.4, -0.2) is 61.6 Å². The van der Waals surface area contributed by atoms with Gasteiger partial charge >= 0.3 is 0 Å². The van der Waals surface area contributed by atoms with Gasteiger partial charge in [-0.15, -0.1) is 0 Å². The number of rotatable bonds is 4. The first kappa shape index (κ1) is 24.9. The Morgan fingerprint density at radius 1 is 0.921 bits per heavy atom. The molecule has 0 atom stereocenters. The lowest BCUT2D eigenvalue weighted by Crippen LogP contribution is -2.46. The molecule has 0 saturated carbocycles. The van der Waals surface area contributed by atoms with Crippen LogP contribution in [0.1, 0.15) is 32.1 Å². The maximum absolute atomic E-state index is 8.74. The smallest absolute Gasteiger partial charge is 0.171 e. The first-order chi connectivity index (χ1) is 18.5. The zero-order valence-corrected chi connectivity index (χ0v) is 22.6. The average molecular weight is 527 g/mol. The Balaban J connectivity index is 1.17. The normalized spacial score (nSPS) is 17.2. The number of nitrogens with one attached hydrogen (secondary N) is 2. The monoisotopic (exact) mass is 526 g/mol. The number of nitrogens with zero attached hydrogens (tertiary/aromatic N) is 6. The second kappa shape index (κ2) is 10.7. The van der Waals surface area contributed by atoms with E-state index in [2.05, 4.69) is 27.0 Å². The van der Waals surface area contributed by atoms with E-state index in [-0.39, 0.29) is 10.7 Å². The fraction of sp³-hybridized carbons (Fsp3) is 0.379. The predicted molar refractivity (Wildman–Crippen MR) is 154 cm³/mol. The number of thioether (sulfide) groups is 1. The van der Waals surface area contributed by atoms with Gasteiger partial charge in [0.2, 0.25) is 0 Å². The maximum atomic E-state index is 8.74.